The van der Waals surface area contributed by atoms with Crippen LogP contribution < -0.4 is 5.32 Å². The predicted octanol–water partition coefficient (Wildman–Crippen LogP) is 1.60. The number of aliphatic carboxylic acids is 1. The summed E-state index contributed by atoms with van der Waals surface area (Å²) in [6.45, 7) is 5.03. The molecule has 0 saturated heterocycles. The van der Waals surface area contributed by atoms with Crippen molar-refractivity contribution >= 4 is 11.9 Å². The van der Waals surface area contributed by atoms with E-state index in [1.807, 2.05) is 20.9 Å². The zero-order valence-electron chi connectivity index (χ0n) is 15.2. The molecule has 7 heteroatoms. The highest BCUT2D eigenvalue weighted by Gasteiger charge is 2.38. The lowest BCUT2D eigenvalue weighted by Gasteiger charge is -2.42. The molecule has 0 bridgehead atoms. The number of rotatable bonds is 8. The lowest BCUT2D eigenvalue weighted by molar-refractivity contribution is -0.139. The maximum absolute atomic E-state index is 12.6. The van der Waals surface area contributed by atoms with Crippen LogP contribution in [0.25, 0.3) is 0 Å². The van der Waals surface area contributed by atoms with Crippen molar-refractivity contribution < 1.29 is 14.7 Å². The fourth-order valence-electron chi connectivity index (χ4n) is 3.52. The SMILES string of the molecule is CC(C)c1nn(C)cc1C(=O)NC1CC(N(CC(=O)O)CC2CC2)C1. The Balaban J connectivity index is 1.53. The van der Waals surface area contributed by atoms with Crippen LogP contribution in [0.4, 0.5) is 0 Å². The van der Waals surface area contributed by atoms with Gasteiger partial charge in [0.2, 0.25) is 0 Å². The summed E-state index contributed by atoms with van der Waals surface area (Å²) in [4.78, 5) is 25.7. The summed E-state index contributed by atoms with van der Waals surface area (Å²) in [5, 5.41) is 16.6. The number of carbonyl (C=O) groups excluding carboxylic acids is 1. The molecule has 138 valence electrons. The van der Waals surface area contributed by atoms with Crippen LogP contribution in [0.3, 0.4) is 0 Å². The lowest BCUT2D eigenvalue weighted by atomic mass is 9.85. The zero-order valence-corrected chi connectivity index (χ0v) is 15.2. The minimum absolute atomic E-state index is 0.0766. The topological polar surface area (TPSA) is 87.5 Å². The summed E-state index contributed by atoms with van der Waals surface area (Å²) in [5.74, 6) is 0.00923. The fourth-order valence-corrected chi connectivity index (χ4v) is 3.52. The van der Waals surface area contributed by atoms with Crippen molar-refractivity contribution in [2.75, 3.05) is 13.1 Å². The predicted molar refractivity (Wildman–Crippen MR) is 93.5 cm³/mol. The number of carbonyl (C=O) groups is 2. The van der Waals surface area contributed by atoms with Gasteiger partial charge in [0.15, 0.2) is 0 Å². The average Bonchev–Trinajstić information content (AvgIpc) is 3.19. The molecule has 0 unspecified atom stereocenters. The van der Waals surface area contributed by atoms with Gasteiger partial charge in [0, 0.05) is 31.9 Å². The van der Waals surface area contributed by atoms with Gasteiger partial charge in [-0.15, -0.1) is 0 Å². The van der Waals surface area contributed by atoms with Crippen LogP contribution in [0, 0.1) is 5.92 Å². The molecule has 1 amide bonds. The number of nitrogens with one attached hydrogen (secondary N) is 1. The highest BCUT2D eigenvalue weighted by molar-refractivity contribution is 5.95. The first-order chi connectivity index (χ1) is 11.8. The zero-order chi connectivity index (χ0) is 18.1. The largest absolute Gasteiger partial charge is 0.480 e. The summed E-state index contributed by atoms with van der Waals surface area (Å²) >= 11 is 0. The van der Waals surface area contributed by atoms with Crippen molar-refractivity contribution in [2.45, 2.75) is 57.5 Å². The molecule has 25 heavy (non-hydrogen) atoms. The van der Waals surface area contributed by atoms with E-state index >= 15 is 0 Å². The van der Waals surface area contributed by atoms with Gasteiger partial charge >= 0.3 is 5.97 Å². The van der Waals surface area contributed by atoms with E-state index in [2.05, 4.69) is 15.3 Å². The van der Waals surface area contributed by atoms with E-state index in [9.17, 15) is 9.59 Å². The van der Waals surface area contributed by atoms with Crippen molar-refractivity contribution in [3.05, 3.63) is 17.5 Å². The summed E-state index contributed by atoms with van der Waals surface area (Å²) in [6, 6.07) is 0.383. The Kier molecular flexibility index (Phi) is 5.13. The number of carboxylic acids is 1. The van der Waals surface area contributed by atoms with Crippen molar-refractivity contribution in [3.8, 4) is 0 Å². The average molecular weight is 348 g/mol. The van der Waals surface area contributed by atoms with Gasteiger partial charge < -0.3 is 10.4 Å². The van der Waals surface area contributed by atoms with Crippen LogP contribution >= 0.6 is 0 Å². The summed E-state index contributed by atoms with van der Waals surface area (Å²) < 4.78 is 1.68. The number of nitrogens with zero attached hydrogens (tertiary/aromatic N) is 3. The lowest BCUT2D eigenvalue weighted by Crippen LogP contribution is -2.55. The smallest absolute Gasteiger partial charge is 0.317 e. The Bertz CT molecular complexity index is 645. The molecule has 2 N–H and O–H groups in total. The van der Waals surface area contributed by atoms with Gasteiger partial charge in [0.25, 0.3) is 5.91 Å². The van der Waals surface area contributed by atoms with Crippen molar-refractivity contribution in [1.82, 2.24) is 20.0 Å². The van der Waals surface area contributed by atoms with E-state index in [-0.39, 0.29) is 30.5 Å². The second-order valence-corrected chi connectivity index (χ2v) is 7.82. The molecule has 0 radical (unpaired) electrons. The Hall–Kier alpha value is -1.89. The molecule has 1 aromatic rings. The van der Waals surface area contributed by atoms with E-state index in [1.165, 1.54) is 12.8 Å². The fraction of sp³-hybridized carbons (Fsp3) is 0.722. The molecule has 2 aliphatic rings. The maximum atomic E-state index is 12.6. The first kappa shape index (κ1) is 17.9. The van der Waals surface area contributed by atoms with E-state index in [0.717, 1.165) is 25.1 Å². The monoisotopic (exact) mass is 348 g/mol. The molecule has 1 heterocycles. The first-order valence-electron chi connectivity index (χ1n) is 9.13. The van der Waals surface area contributed by atoms with E-state index in [0.29, 0.717) is 11.5 Å². The number of aromatic nitrogens is 2. The molecular formula is C18H28N4O3. The van der Waals surface area contributed by atoms with Gasteiger partial charge in [-0.1, -0.05) is 13.8 Å². The Morgan fingerprint density at radius 3 is 2.64 bits per heavy atom. The standard InChI is InChI=1S/C18H28N4O3/c1-11(2)17-15(9-21(3)20-17)18(25)19-13-6-14(7-13)22(10-16(23)24)8-12-4-5-12/h9,11-14H,4-8,10H2,1-3H3,(H,19,25)(H,23,24). The number of carboxylic acid groups (broad SMARTS) is 1. The third-order valence-electron chi connectivity index (χ3n) is 5.14. The first-order valence-corrected chi connectivity index (χ1v) is 9.13. The van der Waals surface area contributed by atoms with Gasteiger partial charge in [-0.25, -0.2) is 0 Å². The molecule has 2 fully saturated rings. The highest BCUT2D eigenvalue weighted by atomic mass is 16.4. The van der Waals surface area contributed by atoms with Crippen molar-refractivity contribution in [2.24, 2.45) is 13.0 Å². The molecule has 0 aromatic carbocycles. The van der Waals surface area contributed by atoms with Gasteiger partial charge in [-0.05, 0) is 37.5 Å². The van der Waals surface area contributed by atoms with Gasteiger partial charge in [0.1, 0.15) is 0 Å². The normalized spacial score (nSPS) is 22.9. The van der Waals surface area contributed by atoms with Crippen LogP contribution in [-0.4, -0.2) is 56.8 Å². The minimum Gasteiger partial charge on any atom is -0.480 e. The Morgan fingerprint density at radius 1 is 1.40 bits per heavy atom. The van der Waals surface area contributed by atoms with Crippen LogP contribution in [0.15, 0.2) is 6.20 Å². The van der Waals surface area contributed by atoms with E-state index < -0.39 is 5.97 Å². The number of amides is 1. The van der Waals surface area contributed by atoms with Crippen molar-refractivity contribution in [1.29, 1.82) is 0 Å². The maximum Gasteiger partial charge on any atom is 0.317 e. The molecule has 3 rings (SSSR count). The van der Waals surface area contributed by atoms with E-state index in [1.54, 1.807) is 10.9 Å². The second-order valence-electron chi connectivity index (χ2n) is 7.82. The van der Waals surface area contributed by atoms with Crippen LogP contribution in [0.5, 0.6) is 0 Å². The highest BCUT2D eigenvalue weighted by Crippen LogP contribution is 2.34. The van der Waals surface area contributed by atoms with Gasteiger partial charge in [-0.3, -0.25) is 19.2 Å². The quantitative estimate of drug-likeness (QED) is 0.745. The number of hydrogen-bond donors (Lipinski definition) is 2. The molecule has 0 spiro atoms. The Labute approximate surface area is 148 Å². The molecule has 2 saturated carbocycles. The molecule has 0 aliphatic heterocycles. The summed E-state index contributed by atoms with van der Waals surface area (Å²) in [5.41, 5.74) is 1.46. The third-order valence-corrected chi connectivity index (χ3v) is 5.14. The van der Waals surface area contributed by atoms with Gasteiger partial charge in [-0.2, -0.15) is 5.10 Å². The van der Waals surface area contributed by atoms with Crippen LogP contribution in [0.2, 0.25) is 0 Å². The molecular weight excluding hydrogens is 320 g/mol. The second kappa shape index (κ2) is 7.15. The minimum atomic E-state index is -0.773. The Morgan fingerprint density at radius 2 is 2.08 bits per heavy atom. The van der Waals surface area contributed by atoms with Crippen LogP contribution in [-0.2, 0) is 11.8 Å². The van der Waals surface area contributed by atoms with Gasteiger partial charge in [0.05, 0.1) is 17.8 Å². The molecule has 0 atom stereocenters. The van der Waals surface area contributed by atoms with Crippen molar-refractivity contribution in [3.63, 3.8) is 0 Å². The number of aryl methyl sites for hydroxylation is 1. The van der Waals surface area contributed by atoms with E-state index in [4.69, 9.17) is 5.11 Å². The molecule has 1 aromatic heterocycles. The summed E-state index contributed by atoms with van der Waals surface area (Å²) in [6.07, 6.45) is 5.83. The molecule has 7 nitrogen and oxygen atoms in total. The van der Waals surface area contributed by atoms with Crippen LogP contribution in [0.1, 0.15) is 61.5 Å². The number of hydrogen-bond acceptors (Lipinski definition) is 4. The summed E-state index contributed by atoms with van der Waals surface area (Å²) in [7, 11) is 1.82. The molecule has 2 aliphatic carbocycles. The third kappa shape index (κ3) is 4.39.